The fourth-order valence-corrected chi connectivity index (χ4v) is 3.51. The Bertz CT molecular complexity index is 1200. The number of aryl methyl sites for hydroxylation is 2. The second-order valence-electron chi connectivity index (χ2n) is 7.08. The number of hydrogen-bond donors (Lipinski definition) is 1. The van der Waals surface area contributed by atoms with Gasteiger partial charge in [0.05, 0.1) is 11.3 Å². The van der Waals surface area contributed by atoms with Crippen molar-refractivity contribution in [3.63, 3.8) is 0 Å². The Morgan fingerprint density at radius 2 is 1.57 bits per heavy atom. The van der Waals surface area contributed by atoms with Gasteiger partial charge < -0.3 is 5.32 Å². The third kappa shape index (κ3) is 3.48. The van der Waals surface area contributed by atoms with Crippen LogP contribution in [-0.4, -0.2) is 11.8 Å². The zero-order valence-corrected chi connectivity index (χ0v) is 17.1. The van der Waals surface area contributed by atoms with Crippen LogP contribution in [0, 0.1) is 19.7 Å². The lowest BCUT2D eigenvalue weighted by molar-refractivity contribution is -0.120. The fraction of sp³-hybridized carbons (Fsp3) is 0.0833. The van der Waals surface area contributed by atoms with Gasteiger partial charge in [0.15, 0.2) is 0 Å². The van der Waals surface area contributed by atoms with Crippen LogP contribution in [0.2, 0.25) is 5.02 Å². The molecule has 0 aromatic heterocycles. The minimum atomic E-state index is -0.498. The molecule has 0 unspecified atom stereocenters. The van der Waals surface area contributed by atoms with Crippen LogP contribution in [0.15, 0.2) is 72.4 Å². The topological polar surface area (TPSA) is 49.4 Å². The van der Waals surface area contributed by atoms with E-state index >= 15 is 0 Å². The highest BCUT2D eigenvalue weighted by Gasteiger charge is 2.40. The van der Waals surface area contributed by atoms with Crippen LogP contribution >= 0.6 is 11.6 Å². The first-order valence-corrected chi connectivity index (χ1v) is 9.72. The summed E-state index contributed by atoms with van der Waals surface area (Å²) >= 11 is 6.23. The average Bonchev–Trinajstić information content (AvgIpc) is 2.96. The molecule has 6 heteroatoms. The van der Waals surface area contributed by atoms with Gasteiger partial charge in [0.2, 0.25) is 0 Å². The first kappa shape index (κ1) is 19.9. The average molecular weight is 421 g/mol. The van der Waals surface area contributed by atoms with Crippen LogP contribution < -0.4 is 10.2 Å². The number of carbonyl (C=O) groups excluding carboxylic acids is 2. The number of benzene rings is 3. The molecule has 0 fully saturated rings. The summed E-state index contributed by atoms with van der Waals surface area (Å²) in [4.78, 5) is 27.8. The zero-order chi connectivity index (χ0) is 21.4. The number of para-hydroxylation sites is 1. The van der Waals surface area contributed by atoms with Crippen LogP contribution in [0.25, 0.3) is 5.57 Å². The predicted octanol–water partition coefficient (Wildman–Crippen LogP) is 5.49. The molecule has 4 nitrogen and oxygen atoms in total. The maximum absolute atomic E-state index is 13.5. The second-order valence-corrected chi connectivity index (χ2v) is 7.48. The quantitative estimate of drug-likeness (QED) is 0.567. The van der Waals surface area contributed by atoms with Crippen LogP contribution in [0.3, 0.4) is 0 Å². The van der Waals surface area contributed by atoms with Crippen molar-refractivity contribution < 1.29 is 14.0 Å². The molecule has 0 bridgehead atoms. The number of nitrogens with one attached hydrogen (secondary N) is 1. The van der Waals surface area contributed by atoms with Gasteiger partial charge >= 0.3 is 0 Å². The molecule has 1 aliphatic heterocycles. The van der Waals surface area contributed by atoms with E-state index in [1.54, 1.807) is 18.2 Å². The first-order valence-electron chi connectivity index (χ1n) is 9.34. The maximum Gasteiger partial charge on any atom is 0.282 e. The van der Waals surface area contributed by atoms with Crippen LogP contribution in [0.4, 0.5) is 15.8 Å². The molecule has 4 rings (SSSR count). The van der Waals surface area contributed by atoms with Gasteiger partial charge in [-0.2, -0.15) is 0 Å². The molecule has 150 valence electrons. The van der Waals surface area contributed by atoms with Gasteiger partial charge in [-0.1, -0.05) is 48.0 Å². The highest BCUT2D eigenvalue weighted by molar-refractivity contribution is 6.46. The van der Waals surface area contributed by atoms with Crippen LogP contribution in [0.1, 0.15) is 16.7 Å². The zero-order valence-electron chi connectivity index (χ0n) is 16.4. The number of nitrogens with zero attached hydrogens (tertiary/aromatic N) is 1. The van der Waals surface area contributed by atoms with Gasteiger partial charge in [0, 0.05) is 10.7 Å². The molecule has 2 amide bonds. The molecule has 0 saturated carbocycles. The number of imide groups is 1. The Kier molecular flexibility index (Phi) is 5.14. The number of amides is 2. The molecule has 3 aromatic rings. The Morgan fingerprint density at radius 1 is 0.867 bits per heavy atom. The molecular weight excluding hydrogens is 403 g/mol. The van der Waals surface area contributed by atoms with Crippen LogP contribution in [0.5, 0.6) is 0 Å². The Labute approximate surface area is 178 Å². The van der Waals surface area contributed by atoms with Gasteiger partial charge in [0.25, 0.3) is 11.8 Å². The highest BCUT2D eigenvalue weighted by atomic mass is 35.5. The normalized spacial score (nSPS) is 13.9. The van der Waals surface area contributed by atoms with Crippen molar-refractivity contribution in [2.24, 2.45) is 0 Å². The largest absolute Gasteiger partial charge is 0.350 e. The molecule has 1 heterocycles. The summed E-state index contributed by atoms with van der Waals surface area (Å²) in [7, 11) is 0. The Hall–Kier alpha value is -3.44. The molecule has 0 saturated heterocycles. The Morgan fingerprint density at radius 3 is 2.23 bits per heavy atom. The van der Waals surface area contributed by atoms with E-state index in [2.05, 4.69) is 5.32 Å². The van der Waals surface area contributed by atoms with Crippen molar-refractivity contribution in [1.82, 2.24) is 0 Å². The number of carbonyl (C=O) groups is 2. The van der Waals surface area contributed by atoms with Gasteiger partial charge in [-0.15, -0.1) is 0 Å². The number of halogens is 2. The molecule has 0 radical (unpaired) electrons. The minimum absolute atomic E-state index is 0.137. The Balaban J connectivity index is 1.84. The molecule has 30 heavy (non-hydrogen) atoms. The summed E-state index contributed by atoms with van der Waals surface area (Å²) in [5.41, 5.74) is 3.60. The number of rotatable bonds is 4. The molecule has 1 N–H and O–H groups in total. The minimum Gasteiger partial charge on any atom is -0.350 e. The molecule has 0 atom stereocenters. The van der Waals surface area contributed by atoms with E-state index < -0.39 is 17.6 Å². The summed E-state index contributed by atoms with van der Waals surface area (Å²) in [5, 5.41) is 3.57. The predicted molar refractivity (Wildman–Crippen MR) is 117 cm³/mol. The smallest absolute Gasteiger partial charge is 0.282 e. The summed E-state index contributed by atoms with van der Waals surface area (Å²) < 4.78 is 13.5. The lowest BCUT2D eigenvalue weighted by atomic mass is 10.0. The third-order valence-corrected chi connectivity index (χ3v) is 5.44. The summed E-state index contributed by atoms with van der Waals surface area (Å²) in [6.07, 6.45) is 0. The summed E-state index contributed by atoms with van der Waals surface area (Å²) in [5.74, 6) is -1.42. The van der Waals surface area contributed by atoms with Crippen molar-refractivity contribution in [2.45, 2.75) is 13.8 Å². The van der Waals surface area contributed by atoms with E-state index in [9.17, 15) is 14.0 Å². The van der Waals surface area contributed by atoms with Crippen molar-refractivity contribution in [3.8, 4) is 0 Å². The van der Waals surface area contributed by atoms with E-state index in [0.717, 1.165) is 16.0 Å². The molecule has 0 aliphatic carbocycles. The number of hydrogen-bond acceptors (Lipinski definition) is 3. The van der Waals surface area contributed by atoms with Crippen molar-refractivity contribution >= 4 is 40.4 Å². The highest BCUT2D eigenvalue weighted by Crippen LogP contribution is 2.35. The van der Waals surface area contributed by atoms with Gasteiger partial charge in [-0.3, -0.25) is 9.59 Å². The lowest BCUT2D eigenvalue weighted by Crippen LogP contribution is -2.32. The summed E-state index contributed by atoms with van der Waals surface area (Å²) in [6, 6.07) is 18.0. The molecule has 1 aliphatic rings. The van der Waals surface area contributed by atoms with Gasteiger partial charge in [-0.05, 0) is 60.9 Å². The maximum atomic E-state index is 13.5. The molecule has 3 aromatic carbocycles. The SMILES string of the molecule is Cc1ccc(N2C(=O)C(Nc3ccccc3C)=C(c3ccc(F)cc3)C2=O)cc1Cl. The third-order valence-electron chi connectivity index (χ3n) is 5.04. The second kappa shape index (κ2) is 7.76. The van der Waals surface area contributed by atoms with E-state index in [0.29, 0.717) is 22.0 Å². The summed E-state index contributed by atoms with van der Waals surface area (Å²) in [6.45, 7) is 3.74. The van der Waals surface area contributed by atoms with E-state index in [4.69, 9.17) is 11.6 Å². The monoisotopic (exact) mass is 420 g/mol. The van der Waals surface area contributed by atoms with Gasteiger partial charge in [0.1, 0.15) is 11.5 Å². The van der Waals surface area contributed by atoms with Crippen molar-refractivity contribution in [1.29, 1.82) is 0 Å². The molecule has 0 spiro atoms. The van der Waals surface area contributed by atoms with Crippen LogP contribution in [-0.2, 0) is 9.59 Å². The van der Waals surface area contributed by atoms with Gasteiger partial charge in [-0.25, -0.2) is 9.29 Å². The van der Waals surface area contributed by atoms with Crippen molar-refractivity contribution in [2.75, 3.05) is 10.2 Å². The van der Waals surface area contributed by atoms with E-state index in [1.807, 2.05) is 38.1 Å². The van der Waals surface area contributed by atoms with Crippen molar-refractivity contribution in [3.05, 3.63) is 100.0 Å². The number of anilines is 2. The standard InChI is InChI=1S/C24H18ClFN2O2/c1-14-7-12-18(13-19(14)25)28-23(29)21(16-8-10-17(26)11-9-16)22(24(28)30)27-20-6-4-3-5-15(20)2/h3-13,27H,1-2H3. The first-order chi connectivity index (χ1) is 14.4. The molecular formula is C24H18ClFN2O2. The fourth-order valence-electron chi connectivity index (χ4n) is 3.33. The lowest BCUT2D eigenvalue weighted by Gasteiger charge is -2.16. The van der Waals surface area contributed by atoms with E-state index in [1.165, 1.54) is 24.3 Å². The van der Waals surface area contributed by atoms with E-state index in [-0.39, 0.29) is 11.3 Å².